The van der Waals surface area contributed by atoms with E-state index in [-0.39, 0.29) is 46.6 Å². The van der Waals surface area contributed by atoms with Crippen LogP contribution in [0.2, 0.25) is 5.02 Å². The molecule has 0 aromatic heterocycles. The second-order valence-corrected chi connectivity index (χ2v) is 10.9. The molecule has 5 rings (SSSR count). The minimum Gasteiger partial charge on any atom is -0.490 e. The number of hydrogen-bond acceptors (Lipinski definition) is 9. The number of nitrogens with one attached hydrogen (secondary N) is 1. The zero-order valence-electron chi connectivity index (χ0n) is 27.0. The Hall–Kier alpha value is -5.81. The number of barbiturate groups is 1. The molecule has 0 radical (unpaired) electrons. The van der Waals surface area contributed by atoms with Crippen LogP contribution in [0.5, 0.6) is 23.0 Å². The molecule has 1 aliphatic heterocycles. The van der Waals surface area contributed by atoms with Gasteiger partial charge in [0.15, 0.2) is 23.0 Å². The molecule has 49 heavy (non-hydrogen) atoms. The molecule has 0 spiro atoms. The van der Waals surface area contributed by atoms with E-state index in [2.05, 4.69) is 5.32 Å². The molecule has 1 saturated heterocycles. The van der Waals surface area contributed by atoms with E-state index in [9.17, 15) is 19.2 Å². The molecule has 0 unspecified atom stereocenters. The molecular formula is C37H33ClN2O9. The lowest BCUT2D eigenvalue weighted by Gasteiger charge is -2.26. The van der Waals surface area contributed by atoms with Crippen LogP contribution >= 0.6 is 11.6 Å². The molecule has 4 amide bonds. The summed E-state index contributed by atoms with van der Waals surface area (Å²) in [6.07, 6.45) is 1.31. The first-order valence-electron chi connectivity index (χ1n) is 15.3. The third-order valence-corrected chi connectivity index (χ3v) is 7.50. The van der Waals surface area contributed by atoms with Gasteiger partial charge in [-0.1, -0.05) is 48.0 Å². The average molecular weight is 685 g/mol. The van der Waals surface area contributed by atoms with Gasteiger partial charge in [-0.25, -0.2) is 14.5 Å². The molecule has 1 aliphatic rings. The summed E-state index contributed by atoms with van der Waals surface area (Å²) in [6, 6.07) is 23.1. The van der Waals surface area contributed by atoms with Crippen molar-refractivity contribution in [3.8, 4) is 23.0 Å². The van der Waals surface area contributed by atoms with Crippen molar-refractivity contribution in [2.75, 3.05) is 25.2 Å². The standard InChI is InChI=1S/C37H33ClN2O9/c1-4-46-31-19-24(11-16-30(31)48-21-23-9-7-6-8-10-23)22-49-33-29(38)18-25(20-32(33)47-5-2)17-28-34(41)39-37(44)40(35(28)42)27-14-12-26(13-15-27)36(43)45-3/h6-20H,4-5,21-22H2,1-3H3,(H,39,41,44)/b28-17-. The van der Waals surface area contributed by atoms with Crippen molar-refractivity contribution >= 4 is 47.2 Å². The van der Waals surface area contributed by atoms with Gasteiger partial charge >= 0.3 is 12.0 Å². The van der Waals surface area contributed by atoms with Crippen LogP contribution in [0.4, 0.5) is 10.5 Å². The Bertz CT molecular complexity index is 1890. The first-order chi connectivity index (χ1) is 23.7. The number of rotatable bonds is 13. The Morgan fingerprint density at radius 3 is 2.16 bits per heavy atom. The van der Waals surface area contributed by atoms with Crippen LogP contribution in [-0.4, -0.2) is 44.1 Å². The second-order valence-electron chi connectivity index (χ2n) is 10.5. The molecule has 1 fully saturated rings. The fraction of sp³-hybridized carbons (Fsp3) is 0.189. The average Bonchev–Trinajstić information content (AvgIpc) is 3.10. The second kappa shape index (κ2) is 15.9. The van der Waals surface area contributed by atoms with Crippen molar-refractivity contribution in [3.63, 3.8) is 0 Å². The lowest BCUT2D eigenvalue weighted by Crippen LogP contribution is -2.54. The highest BCUT2D eigenvalue weighted by Crippen LogP contribution is 2.39. The summed E-state index contributed by atoms with van der Waals surface area (Å²) < 4.78 is 28.5. The molecule has 0 aliphatic carbocycles. The molecule has 0 atom stereocenters. The van der Waals surface area contributed by atoms with Crippen molar-refractivity contribution in [2.24, 2.45) is 0 Å². The van der Waals surface area contributed by atoms with Crippen molar-refractivity contribution in [1.29, 1.82) is 0 Å². The highest BCUT2D eigenvalue weighted by atomic mass is 35.5. The number of nitrogens with zero attached hydrogens (tertiary/aromatic N) is 1. The predicted molar refractivity (Wildman–Crippen MR) is 182 cm³/mol. The van der Waals surface area contributed by atoms with Crippen LogP contribution < -0.4 is 29.2 Å². The van der Waals surface area contributed by atoms with E-state index in [1.54, 1.807) is 13.0 Å². The van der Waals surface area contributed by atoms with E-state index in [1.165, 1.54) is 43.5 Å². The van der Waals surface area contributed by atoms with E-state index in [0.717, 1.165) is 16.0 Å². The van der Waals surface area contributed by atoms with Crippen molar-refractivity contribution in [2.45, 2.75) is 27.1 Å². The van der Waals surface area contributed by atoms with E-state index in [4.69, 9.17) is 35.3 Å². The molecular weight excluding hydrogens is 652 g/mol. The summed E-state index contributed by atoms with van der Waals surface area (Å²) in [5.74, 6) is -0.619. The van der Waals surface area contributed by atoms with Crippen LogP contribution in [0.15, 0.2) is 90.5 Å². The van der Waals surface area contributed by atoms with E-state index in [1.807, 2.05) is 55.5 Å². The lowest BCUT2D eigenvalue weighted by atomic mass is 10.1. The Labute approximate surface area is 287 Å². The maximum atomic E-state index is 13.4. The van der Waals surface area contributed by atoms with E-state index >= 15 is 0 Å². The monoisotopic (exact) mass is 684 g/mol. The van der Waals surface area contributed by atoms with Gasteiger partial charge in [0.1, 0.15) is 18.8 Å². The van der Waals surface area contributed by atoms with Gasteiger partial charge in [-0.3, -0.25) is 14.9 Å². The molecule has 4 aromatic carbocycles. The fourth-order valence-electron chi connectivity index (χ4n) is 4.92. The Morgan fingerprint density at radius 2 is 1.47 bits per heavy atom. The number of carbonyl (C=O) groups excluding carboxylic acids is 4. The van der Waals surface area contributed by atoms with Crippen molar-refractivity contribution in [3.05, 3.63) is 118 Å². The predicted octanol–water partition coefficient (Wildman–Crippen LogP) is 6.75. The Morgan fingerprint density at radius 1 is 0.776 bits per heavy atom. The summed E-state index contributed by atoms with van der Waals surface area (Å²) in [5, 5.41) is 2.34. The highest BCUT2D eigenvalue weighted by molar-refractivity contribution is 6.39. The quantitative estimate of drug-likeness (QED) is 0.0924. The number of benzene rings is 4. The number of methoxy groups -OCH3 is 1. The first kappa shape index (κ1) is 34.5. The molecule has 0 bridgehead atoms. The van der Waals surface area contributed by atoms with Gasteiger partial charge in [0.2, 0.25) is 0 Å². The lowest BCUT2D eigenvalue weighted by molar-refractivity contribution is -0.122. The minimum absolute atomic E-state index is 0.117. The summed E-state index contributed by atoms with van der Waals surface area (Å²) >= 11 is 6.67. The normalized spacial score (nSPS) is 13.6. The minimum atomic E-state index is -0.932. The van der Waals surface area contributed by atoms with Crippen molar-refractivity contribution < 1.29 is 42.9 Å². The van der Waals surface area contributed by atoms with Gasteiger partial charge in [0, 0.05) is 0 Å². The maximum absolute atomic E-state index is 13.4. The molecule has 11 nitrogen and oxygen atoms in total. The van der Waals surface area contributed by atoms with Crippen molar-refractivity contribution in [1.82, 2.24) is 5.32 Å². The Balaban J connectivity index is 1.36. The summed E-state index contributed by atoms with van der Waals surface area (Å²) in [5.41, 5.74) is 2.22. The number of imide groups is 2. The fourth-order valence-corrected chi connectivity index (χ4v) is 5.19. The Kier molecular flexibility index (Phi) is 11.2. The molecule has 0 saturated carbocycles. The molecule has 4 aromatic rings. The van der Waals surface area contributed by atoms with Gasteiger partial charge in [-0.2, -0.15) is 0 Å². The topological polar surface area (TPSA) is 130 Å². The summed E-state index contributed by atoms with van der Waals surface area (Å²) in [4.78, 5) is 51.5. The van der Waals surface area contributed by atoms with E-state index in [0.29, 0.717) is 30.3 Å². The van der Waals surface area contributed by atoms with Crippen LogP contribution in [-0.2, 0) is 27.5 Å². The largest absolute Gasteiger partial charge is 0.490 e. The smallest absolute Gasteiger partial charge is 0.337 e. The van der Waals surface area contributed by atoms with Crippen LogP contribution in [0.25, 0.3) is 6.08 Å². The summed E-state index contributed by atoms with van der Waals surface area (Å²) in [7, 11) is 1.24. The number of ether oxygens (including phenoxy) is 5. The number of amides is 4. The highest BCUT2D eigenvalue weighted by Gasteiger charge is 2.37. The van der Waals surface area contributed by atoms with Gasteiger partial charge < -0.3 is 23.7 Å². The third-order valence-electron chi connectivity index (χ3n) is 7.22. The molecule has 252 valence electrons. The number of hydrogen-bond donors (Lipinski definition) is 1. The van der Waals surface area contributed by atoms with Gasteiger partial charge in [0.25, 0.3) is 11.8 Å². The summed E-state index contributed by atoms with van der Waals surface area (Å²) in [6.45, 7) is 4.90. The van der Waals surface area contributed by atoms with Gasteiger partial charge in [-0.05, 0) is 85.1 Å². The number of halogens is 1. The SMILES string of the molecule is CCOc1cc(COc2c(Cl)cc(/C=C3/C(=O)NC(=O)N(c4ccc(C(=O)OC)cc4)C3=O)cc2OCC)ccc1OCc1ccccc1. The number of urea groups is 1. The first-order valence-corrected chi connectivity index (χ1v) is 15.7. The zero-order chi connectivity index (χ0) is 34.9. The van der Waals surface area contributed by atoms with Crippen LogP contribution in [0, 0.1) is 0 Å². The number of carbonyl (C=O) groups is 4. The molecule has 12 heteroatoms. The van der Waals surface area contributed by atoms with E-state index < -0.39 is 23.8 Å². The van der Waals surface area contributed by atoms with Gasteiger partial charge in [-0.15, -0.1) is 0 Å². The maximum Gasteiger partial charge on any atom is 0.337 e. The molecule has 1 heterocycles. The third kappa shape index (κ3) is 8.20. The van der Waals surface area contributed by atoms with Crippen LogP contribution in [0.3, 0.4) is 0 Å². The number of esters is 1. The zero-order valence-corrected chi connectivity index (χ0v) is 27.7. The number of anilines is 1. The molecule has 1 N–H and O–H groups in total. The van der Waals surface area contributed by atoms with Crippen LogP contribution in [0.1, 0.15) is 40.9 Å². The van der Waals surface area contributed by atoms with Gasteiger partial charge in [0.05, 0.1) is 36.6 Å².